The quantitative estimate of drug-likeness (QED) is 0.795. The molecule has 0 aliphatic carbocycles. The first-order chi connectivity index (χ1) is 9.16. The van der Waals surface area contributed by atoms with Gasteiger partial charge in [0.2, 0.25) is 0 Å². The molecule has 2 heterocycles. The molecule has 0 fully saturated rings. The van der Waals surface area contributed by atoms with E-state index in [-0.39, 0.29) is 11.5 Å². The SMILES string of the molecule is Nc1ccc2c(c1)CCN2C(=O)c1ccncc1F. The van der Waals surface area contributed by atoms with E-state index in [0.717, 1.165) is 23.9 Å². The Balaban J connectivity index is 1.98. The van der Waals surface area contributed by atoms with E-state index in [0.29, 0.717) is 12.2 Å². The smallest absolute Gasteiger partial charge is 0.261 e. The molecule has 19 heavy (non-hydrogen) atoms. The zero-order valence-corrected chi connectivity index (χ0v) is 10.1. The van der Waals surface area contributed by atoms with Crippen LogP contribution >= 0.6 is 0 Å². The maximum absolute atomic E-state index is 13.6. The van der Waals surface area contributed by atoms with Gasteiger partial charge in [-0.05, 0) is 36.2 Å². The zero-order chi connectivity index (χ0) is 13.4. The number of hydrogen-bond acceptors (Lipinski definition) is 3. The highest BCUT2D eigenvalue weighted by molar-refractivity contribution is 6.07. The number of amides is 1. The van der Waals surface area contributed by atoms with E-state index in [2.05, 4.69) is 4.98 Å². The average Bonchev–Trinajstić information content (AvgIpc) is 2.81. The molecule has 1 aliphatic rings. The highest BCUT2D eigenvalue weighted by Crippen LogP contribution is 2.31. The van der Waals surface area contributed by atoms with Crippen molar-refractivity contribution in [2.45, 2.75) is 6.42 Å². The van der Waals surface area contributed by atoms with E-state index in [9.17, 15) is 9.18 Å². The molecule has 1 aliphatic heterocycles. The van der Waals surface area contributed by atoms with E-state index < -0.39 is 5.82 Å². The Bertz CT molecular complexity index is 657. The summed E-state index contributed by atoms with van der Waals surface area (Å²) >= 11 is 0. The van der Waals surface area contributed by atoms with Crippen molar-refractivity contribution in [2.24, 2.45) is 0 Å². The summed E-state index contributed by atoms with van der Waals surface area (Å²) in [5, 5.41) is 0. The largest absolute Gasteiger partial charge is 0.399 e. The van der Waals surface area contributed by atoms with Crippen LogP contribution in [0.4, 0.5) is 15.8 Å². The first-order valence-electron chi connectivity index (χ1n) is 5.96. The Hall–Kier alpha value is -2.43. The van der Waals surface area contributed by atoms with Gasteiger partial charge in [-0.3, -0.25) is 9.78 Å². The molecule has 1 aromatic heterocycles. The first kappa shape index (κ1) is 11.6. The number of nitrogens with two attached hydrogens (primary N) is 1. The van der Waals surface area contributed by atoms with Gasteiger partial charge in [0.25, 0.3) is 5.91 Å². The summed E-state index contributed by atoms with van der Waals surface area (Å²) in [5.74, 6) is -0.945. The summed E-state index contributed by atoms with van der Waals surface area (Å²) in [6.45, 7) is 0.541. The third-order valence-corrected chi connectivity index (χ3v) is 3.25. The molecular formula is C14H12FN3O. The van der Waals surface area contributed by atoms with Gasteiger partial charge in [-0.15, -0.1) is 0 Å². The van der Waals surface area contributed by atoms with Crippen LogP contribution in [0.25, 0.3) is 0 Å². The Morgan fingerprint density at radius 1 is 1.37 bits per heavy atom. The van der Waals surface area contributed by atoms with Crippen LogP contribution in [0.1, 0.15) is 15.9 Å². The van der Waals surface area contributed by atoms with E-state index >= 15 is 0 Å². The van der Waals surface area contributed by atoms with Crippen molar-refractivity contribution in [3.63, 3.8) is 0 Å². The number of hydrogen-bond donors (Lipinski definition) is 1. The van der Waals surface area contributed by atoms with Gasteiger partial charge >= 0.3 is 0 Å². The van der Waals surface area contributed by atoms with Crippen molar-refractivity contribution in [3.8, 4) is 0 Å². The third kappa shape index (κ3) is 1.93. The summed E-state index contributed by atoms with van der Waals surface area (Å²) in [7, 11) is 0. The minimum atomic E-state index is -0.601. The monoisotopic (exact) mass is 257 g/mol. The molecule has 0 atom stereocenters. The number of anilines is 2. The number of carbonyl (C=O) groups is 1. The summed E-state index contributed by atoms with van der Waals surface area (Å²) in [4.78, 5) is 17.6. The van der Waals surface area contributed by atoms with Crippen LogP contribution in [0.3, 0.4) is 0 Å². The van der Waals surface area contributed by atoms with E-state index in [4.69, 9.17) is 5.73 Å². The number of rotatable bonds is 1. The molecule has 1 amide bonds. The predicted molar refractivity (Wildman–Crippen MR) is 70.4 cm³/mol. The van der Waals surface area contributed by atoms with Crippen LogP contribution in [0.2, 0.25) is 0 Å². The van der Waals surface area contributed by atoms with Crippen LogP contribution in [-0.2, 0) is 6.42 Å². The van der Waals surface area contributed by atoms with Crippen LogP contribution in [0.5, 0.6) is 0 Å². The average molecular weight is 257 g/mol. The molecule has 2 N–H and O–H groups in total. The lowest BCUT2D eigenvalue weighted by Crippen LogP contribution is -2.29. The molecule has 0 bridgehead atoms. The summed E-state index contributed by atoms with van der Waals surface area (Å²) in [5.41, 5.74) is 8.24. The molecule has 2 aromatic rings. The fourth-order valence-electron chi connectivity index (χ4n) is 2.33. The maximum atomic E-state index is 13.6. The van der Waals surface area contributed by atoms with Crippen molar-refractivity contribution in [3.05, 3.63) is 53.6 Å². The van der Waals surface area contributed by atoms with Gasteiger partial charge in [-0.1, -0.05) is 0 Å². The number of benzene rings is 1. The number of nitrogens with zero attached hydrogens (tertiary/aromatic N) is 2. The van der Waals surface area contributed by atoms with Crippen LogP contribution in [0, 0.1) is 5.82 Å². The van der Waals surface area contributed by atoms with Gasteiger partial charge in [-0.25, -0.2) is 4.39 Å². The Labute approximate surface area is 109 Å². The number of nitrogen functional groups attached to an aromatic ring is 1. The maximum Gasteiger partial charge on any atom is 0.261 e. The second-order valence-corrected chi connectivity index (χ2v) is 4.45. The van der Waals surface area contributed by atoms with Crippen molar-refractivity contribution in [1.82, 2.24) is 4.98 Å². The van der Waals surface area contributed by atoms with E-state index in [1.54, 1.807) is 17.0 Å². The first-order valence-corrected chi connectivity index (χ1v) is 5.96. The lowest BCUT2D eigenvalue weighted by atomic mass is 10.1. The van der Waals surface area contributed by atoms with Gasteiger partial charge < -0.3 is 10.6 Å². The normalized spacial score (nSPS) is 13.4. The van der Waals surface area contributed by atoms with Crippen LogP contribution < -0.4 is 10.6 Å². The molecule has 0 spiro atoms. The molecule has 0 unspecified atom stereocenters. The molecule has 0 saturated carbocycles. The van der Waals surface area contributed by atoms with Gasteiger partial charge in [0.1, 0.15) is 0 Å². The third-order valence-electron chi connectivity index (χ3n) is 3.25. The fraction of sp³-hybridized carbons (Fsp3) is 0.143. The van der Waals surface area contributed by atoms with Crippen LogP contribution in [0.15, 0.2) is 36.7 Å². The number of aromatic nitrogens is 1. The van der Waals surface area contributed by atoms with Crippen molar-refractivity contribution in [2.75, 3.05) is 17.2 Å². The molecule has 5 heteroatoms. The molecular weight excluding hydrogens is 245 g/mol. The molecule has 3 rings (SSSR count). The number of carbonyl (C=O) groups excluding carboxylic acids is 1. The molecule has 0 saturated heterocycles. The van der Waals surface area contributed by atoms with E-state index in [1.807, 2.05) is 6.07 Å². The molecule has 1 aromatic carbocycles. The Morgan fingerprint density at radius 3 is 3.00 bits per heavy atom. The minimum Gasteiger partial charge on any atom is -0.399 e. The van der Waals surface area contributed by atoms with Gasteiger partial charge in [0.15, 0.2) is 5.82 Å². The van der Waals surface area contributed by atoms with Gasteiger partial charge in [0.05, 0.1) is 11.8 Å². The van der Waals surface area contributed by atoms with Gasteiger partial charge in [0, 0.05) is 24.1 Å². The number of pyridine rings is 1. The predicted octanol–water partition coefficient (Wildman–Crippen LogP) is 2.01. The lowest BCUT2D eigenvalue weighted by Gasteiger charge is -2.17. The summed E-state index contributed by atoms with van der Waals surface area (Å²) in [6.07, 6.45) is 3.20. The highest BCUT2D eigenvalue weighted by Gasteiger charge is 2.27. The highest BCUT2D eigenvalue weighted by atomic mass is 19.1. The summed E-state index contributed by atoms with van der Waals surface area (Å²) < 4.78 is 13.6. The van der Waals surface area contributed by atoms with Crippen molar-refractivity contribution in [1.29, 1.82) is 0 Å². The second kappa shape index (κ2) is 4.35. The number of fused-ring (bicyclic) bond motifs is 1. The van der Waals surface area contributed by atoms with Crippen molar-refractivity contribution >= 4 is 17.3 Å². The number of halogens is 1. The Kier molecular flexibility index (Phi) is 2.67. The fourth-order valence-corrected chi connectivity index (χ4v) is 2.33. The molecule has 4 nitrogen and oxygen atoms in total. The minimum absolute atomic E-state index is 0.0414. The zero-order valence-electron chi connectivity index (χ0n) is 10.1. The van der Waals surface area contributed by atoms with E-state index in [1.165, 1.54) is 12.3 Å². The topological polar surface area (TPSA) is 59.2 Å². The lowest BCUT2D eigenvalue weighted by molar-refractivity contribution is 0.0985. The van der Waals surface area contributed by atoms with Gasteiger partial charge in [-0.2, -0.15) is 0 Å². The molecule has 0 radical (unpaired) electrons. The summed E-state index contributed by atoms with van der Waals surface area (Å²) in [6, 6.07) is 6.79. The van der Waals surface area contributed by atoms with Crippen molar-refractivity contribution < 1.29 is 9.18 Å². The standard InChI is InChI=1S/C14H12FN3O/c15-12-8-17-5-3-11(12)14(19)18-6-4-9-7-10(16)1-2-13(9)18/h1-3,5,7-8H,4,6,16H2. The van der Waals surface area contributed by atoms with Crippen LogP contribution in [-0.4, -0.2) is 17.4 Å². The second-order valence-electron chi connectivity index (χ2n) is 4.45. The Morgan fingerprint density at radius 2 is 2.21 bits per heavy atom. The molecule has 96 valence electrons.